The Bertz CT molecular complexity index is 1110. The largest absolute Gasteiger partial charge is 0.339 e. The molecule has 0 aliphatic rings. The lowest BCUT2D eigenvalue weighted by atomic mass is 10.2. The van der Waals surface area contributed by atoms with Crippen molar-refractivity contribution in [3.05, 3.63) is 79.5 Å². The van der Waals surface area contributed by atoms with Gasteiger partial charge in [0.2, 0.25) is 0 Å². The third-order valence-electron chi connectivity index (χ3n) is 4.41. The summed E-state index contributed by atoms with van der Waals surface area (Å²) in [6.07, 6.45) is 1.61. The van der Waals surface area contributed by atoms with Crippen molar-refractivity contribution in [3.63, 3.8) is 0 Å². The van der Waals surface area contributed by atoms with E-state index >= 15 is 0 Å². The van der Waals surface area contributed by atoms with Gasteiger partial charge >= 0.3 is 6.03 Å². The van der Waals surface area contributed by atoms with E-state index in [-0.39, 0.29) is 0 Å². The lowest BCUT2D eigenvalue weighted by Gasteiger charge is -2.11. The third-order valence-corrected chi connectivity index (χ3v) is 5.83. The van der Waals surface area contributed by atoms with Gasteiger partial charge in [0, 0.05) is 32.1 Å². The number of carbonyl (C=O) groups excluding carboxylic acids is 1. The first-order chi connectivity index (χ1) is 13.8. The quantitative estimate of drug-likeness (QED) is 0.311. The number of carbonyl (C=O) groups is 1. The first kappa shape index (κ1) is 21.4. The van der Waals surface area contributed by atoms with Gasteiger partial charge in [0.25, 0.3) is 0 Å². The van der Waals surface area contributed by atoms with Crippen LogP contribution in [0.3, 0.4) is 0 Å². The number of halogens is 3. The van der Waals surface area contributed by atoms with Crippen LogP contribution in [0.1, 0.15) is 22.5 Å². The van der Waals surface area contributed by atoms with Gasteiger partial charge in [-0.15, -0.1) is 0 Å². The maximum atomic E-state index is 12.1. The molecule has 0 aliphatic carbocycles. The van der Waals surface area contributed by atoms with Crippen molar-refractivity contribution in [1.82, 2.24) is 9.99 Å². The fourth-order valence-electron chi connectivity index (χ4n) is 2.99. The van der Waals surface area contributed by atoms with Crippen molar-refractivity contribution < 1.29 is 4.79 Å². The number of aryl methyl sites for hydroxylation is 2. The summed E-state index contributed by atoms with van der Waals surface area (Å²) in [5.74, 6) is 0. The zero-order chi connectivity index (χ0) is 21.1. The molecule has 29 heavy (non-hydrogen) atoms. The van der Waals surface area contributed by atoms with Crippen molar-refractivity contribution in [1.29, 1.82) is 0 Å². The van der Waals surface area contributed by atoms with Crippen LogP contribution in [0.2, 0.25) is 10.0 Å². The molecule has 3 aromatic rings. The molecule has 1 heterocycles. The highest BCUT2D eigenvalue weighted by Crippen LogP contribution is 2.28. The zero-order valence-electron chi connectivity index (χ0n) is 16.1. The van der Waals surface area contributed by atoms with Gasteiger partial charge in [0.15, 0.2) is 0 Å². The second kappa shape index (κ2) is 9.03. The van der Waals surface area contributed by atoms with E-state index in [0.717, 1.165) is 32.7 Å². The SMILES string of the molecule is Cc1cc(NC(=O)N/N=C/c2cc(C)n(-c3ccc(Cl)cc3Cl)c2C)ccc1Br. The Morgan fingerprint density at radius 1 is 1.10 bits per heavy atom. The summed E-state index contributed by atoms with van der Waals surface area (Å²) in [6, 6.07) is 12.5. The van der Waals surface area contributed by atoms with Crippen LogP contribution >= 0.6 is 39.1 Å². The predicted octanol–water partition coefficient (Wildman–Crippen LogP) is 6.63. The molecule has 0 aliphatic heterocycles. The maximum Gasteiger partial charge on any atom is 0.339 e. The number of nitrogens with zero attached hydrogens (tertiary/aromatic N) is 2. The molecule has 0 spiro atoms. The number of hydrazone groups is 1. The van der Waals surface area contributed by atoms with E-state index < -0.39 is 6.03 Å². The van der Waals surface area contributed by atoms with Crippen LogP contribution < -0.4 is 10.7 Å². The summed E-state index contributed by atoms with van der Waals surface area (Å²) in [4.78, 5) is 12.1. The van der Waals surface area contributed by atoms with Crippen molar-refractivity contribution in [3.8, 4) is 5.69 Å². The van der Waals surface area contributed by atoms with Gasteiger partial charge in [-0.05, 0) is 68.8 Å². The second-order valence-corrected chi connectivity index (χ2v) is 8.24. The number of anilines is 1. The minimum Gasteiger partial charge on any atom is -0.316 e. The van der Waals surface area contributed by atoms with E-state index in [1.165, 1.54) is 0 Å². The average Bonchev–Trinajstić information content (AvgIpc) is 2.92. The Morgan fingerprint density at radius 3 is 2.55 bits per heavy atom. The lowest BCUT2D eigenvalue weighted by molar-refractivity contribution is 0.252. The van der Waals surface area contributed by atoms with Crippen LogP contribution in [-0.2, 0) is 0 Å². The fourth-order valence-corrected chi connectivity index (χ4v) is 3.73. The molecule has 3 rings (SSSR count). The topological polar surface area (TPSA) is 58.4 Å². The molecule has 150 valence electrons. The molecule has 0 saturated carbocycles. The summed E-state index contributed by atoms with van der Waals surface area (Å²) in [7, 11) is 0. The summed E-state index contributed by atoms with van der Waals surface area (Å²) >= 11 is 15.8. The molecule has 0 radical (unpaired) electrons. The smallest absolute Gasteiger partial charge is 0.316 e. The Morgan fingerprint density at radius 2 is 1.86 bits per heavy atom. The van der Waals surface area contributed by atoms with E-state index in [9.17, 15) is 4.79 Å². The van der Waals surface area contributed by atoms with Gasteiger partial charge in [-0.1, -0.05) is 39.1 Å². The lowest BCUT2D eigenvalue weighted by Crippen LogP contribution is -2.24. The molecule has 5 nitrogen and oxygen atoms in total. The summed E-state index contributed by atoms with van der Waals surface area (Å²) in [6.45, 7) is 5.89. The summed E-state index contributed by atoms with van der Waals surface area (Å²) < 4.78 is 3.00. The van der Waals surface area contributed by atoms with Crippen LogP contribution in [0.5, 0.6) is 0 Å². The van der Waals surface area contributed by atoms with Gasteiger partial charge in [0.05, 0.1) is 16.9 Å². The molecule has 8 heteroatoms. The van der Waals surface area contributed by atoms with E-state index in [1.807, 2.05) is 55.7 Å². The molecule has 2 amide bonds. The standard InChI is InChI=1S/C21H19BrCl2N4O/c1-12-8-17(5-6-18(12)22)26-21(29)27-25-11-15-9-13(2)28(14(15)3)20-7-4-16(23)10-19(20)24/h4-11H,1-3H3,(H2,26,27,29)/b25-11+. The van der Waals surface area contributed by atoms with Crippen LogP contribution in [0.15, 0.2) is 52.0 Å². The molecule has 2 N–H and O–H groups in total. The number of rotatable bonds is 4. The van der Waals surface area contributed by atoms with Gasteiger partial charge < -0.3 is 9.88 Å². The molecule has 2 aromatic carbocycles. The van der Waals surface area contributed by atoms with Gasteiger partial charge in [0.1, 0.15) is 0 Å². The van der Waals surface area contributed by atoms with Crippen molar-refractivity contribution in [2.45, 2.75) is 20.8 Å². The monoisotopic (exact) mass is 492 g/mol. The van der Waals surface area contributed by atoms with Gasteiger partial charge in [-0.25, -0.2) is 10.2 Å². The number of amides is 2. The van der Waals surface area contributed by atoms with Crippen molar-refractivity contribution in [2.75, 3.05) is 5.32 Å². The van der Waals surface area contributed by atoms with Crippen molar-refractivity contribution >= 4 is 57.1 Å². The molecule has 0 saturated heterocycles. The number of benzene rings is 2. The Balaban J connectivity index is 1.72. The van der Waals surface area contributed by atoms with Crippen LogP contribution in [0, 0.1) is 20.8 Å². The molecule has 0 atom stereocenters. The molecular weight excluding hydrogens is 475 g/mol. The Kier molecular flexibility index (Phi) is 6.67. The minimum absolute atomic E-state index is 0.419. The summed E-state index contributed by atoms with van der Waals surface area (Å²) in [5, 5.41) is 7.95. The highest BCUT2D eigenvalue weighted by atomic mass is 79.9. The Hall–Kier alpha value is -2.28. The number of aromatic nitrogens is 1. The molecule has 0 bridgehead atoms. The second-order valence-electron chi connectivity index (χ2n) is 6.55. The highest BCUT2D eigenvalue weighted by Gasteiger charge is 2.12. The van der Waals surface area contributed by atoms with E-state index in [4.69, 9.17) is 23.2 Å². The number of hydrogen-bond donors (Lipinski definition) is 2. The van der Waals surface area contributed by atoms with Gasteiger partial charge in [-0.3, -0.25) is 0 Å². The molecule has 0 fully saturated rings. The molecular formula is C21H19BrCl2N4O. The normalized spacial score (nSPS) is 11.1. The van der Waals surface area contributed by atoms with E-state index in [1.54, 1.807) is 18.3 Å². The third kappa shape index (κ3) is 5.01. The zero-order valence-corrected chi connectivity index (χ0v) is 19.2. The molecule has 0 unspecified atom stereocenters. The number of nitrogens with one attached hydrogen (secondary N) is 2. The van der Waals surface area contributed by atoms with E-state index in [0.29, 0.717) is 15.7 Å². The fraction of sp³-hybridized carbons (Fsp3) is 0.143. The van der Waals surface area contributed by atoms with Crippen LogP contribution in [0.25, 0.3) is 5.69 Å². The van der Waals surface area contributed by atoms with Crippen molar-refractivity contribution in [2.24, 2.45) is 5.10 Å². The van der Waals surface area contributed by atoms with Gasteiger partial charge in [-0.2, -0.15) is 5.10 Å². The average molecular weight is 494 g/mol. The predicted molar refractivity (Wildman–Crippen MR) is 124 cm³/mol. The summed E-state index contributed by atoms with van der Waals surface area (Å²) in [5.41, 5.74) is 7.84. The maximum absolute atomic E-state index is 12.1. The molecule has 1 aromatic heterocycles. The first-order valence-corrected chi connectivity index (χ1v) is 10.3. The van der Waals surface area contributed by atoms with E-state index in [2.05, 4.69) is 31.8 Å². The van der Waals surface area contributed by atoms with Crippen LogP contribution in [0.4, 0.5) is 10.5 Å². The Labute approximate surface area is 187 Å². The number of hydrogen-bond acceptors (Lipinski definition) is 2. The van der Waals surface area contributed by atoms with Crippen LogP contribution in [-0.4, -0.2) is 16.8 Å². The minimum atomic E-state index is -0.419. The number of urea groups is 1. The first-order valence-electron chi connectivity index (χ1n) is 8.77. The highest BCUT2D eigenvalue weighted by molar-refractivity contribution is 9.10.